The summed E-state index contributed by atoms with van der Waals surface area (Å²) < 4.78 is 5.05. The molecular weight excluding hydrogens is 216 g/mol. The van der Waals surface area contributed by atoms with Crippen LogP contribution in [0.25, 0.3) is 0 Å². The molecule has 0 aromatic carbocycles. The molecule has 0 aliphatic carbocycles. The van der Waals surface area contributed by atoms with Crippen molar-refractivity contribution in [1.82, 2.24) is 5.32 Å². The van der Waals surface area contributed by atoms with Crippen molar-refractivity contribution in [1.29, 1.82) is 0 Å². The average molecular weight is 244 g/mol. The molecule has 1 atom stereocenters. The van der Waals surface area contributed by atoms with Gasteiger partial charge in [-0.1, -0.05) is 34.6 Å². The first-order valence-corrected chi connectivity index (χ1v) is 6.12. The second kappa shape index (κ2) is 6.36. The number of hydrogen-bond donors (Lipinski definition) is 2. The maximum Gasteiger partial charge on any atom is 0.237 e. The highest BCUT2D eigenvalue weighted by molar-refractivity contribution is 5.82. The number of hydrogen-bond acceptors (Lipinski definition) is 3. The number of nitrogens with two attached hydrogens (primary N) is 1. The van der Waals surface area contributed by atoms with Crippen molar-refractivity contribution in [2.24, 2.45) is 16.6 Å². The van der Waals surface area contributed by atoms with E-state index in [4.69, 9.17) is 10.5 Å². The molecule has 0 bridgehead atoms. The van der Waals surface area contributed by atoms with Crippen molar-refractivity contribution in [2.45, 2.75) is 47.1 Å². The summed E-state index contributed by atoms with van der Waals surface area (Å²) in [7, 11) is 1.68. The second-order valence-corrected chi connectivity index (χ2v) is 6.47. The molecule has 0 fully saturated rings. The summed E-state index contributed by atoms with van der Waals surface area (Å²) >= 11 is 0. The fraction of sp³-hybridized carbons (Fsp3) is 0.923. The summed E-state index contributed by atoms with van der Waals surface area (Å²) in [5.74, 6) is -0.0806. The van der Waals surface area contributed by atoms with Gasteiger partial charge in [-0.05, 0) is 17.3 Å². The van der Waals surface area contributed by atoms with Crippen molar-refractivity contribution < 1.29 is 9.53 Å². The highest BCUT2D eigenvalue weighted by Gasteiger charge is 2.28. The van der Waals surface area contributed by atoms with Gasteiger partial charge in [0.05, 0.1) is 6.04 Å². The van der Waals surface area contributed by atoms with E-state index in [1.54, 1.807) is 7.11 Å². The first kappa shape index (κ1) is 16.4. The molecule has 0 saturated carbocycles. The quantitative estimate of drug-likeness (QED) is 0.745. The number of rotatable bonds is 6. The largest absolute Gasteiger partial charge is 0.385 e. The Morgan fingerprint density at radius 2 is 1.82 bits per heavy atom. The third-order valence-corrected chi connectivity index (χ3v) is 2.94. The third kappa shape index (κ3) is 6.64. The van der Waals surface area contributed by atoms with E-state index in [-0.39, 0.29) is 16.7 Å². The molecule has 0 saturated heterocycles. The lowest BCUT2D eigenvalue weighted by Gasteiger charge is -2.29. The zero-order chi connectivity index (χ0) is 13.7. The van der Waals surface area contributed by atoms with Gasteiger partial charge in [-0.2, -0.15) is 0 Å². The molecular formula is C13H28N2O2. The van der Waals surface area contributed by atoms with Crippen molar-refractivity contribution in [2.75, 3.05) is 20.3 Å². The smallest absolute Gasteiger partial charge is 0.237 e. The standard InChI is InChI=1S/C13H28N2O2/c1-12(2,3)10(14)11(16)15-9-13(4,5)7-8-17-6/h10H,7-9,14H2,1-6H3,(H,15,16)/t10-/m0/s1. The number of carbonyl (C=O) groups excluding carboxylic acids is 1. The number of amides is 1. The maximum atomic E-state index is 11.8. The molecule has 3 N–H and O–H groups in total. The summed E-state index contributed by atoms with van der Waals surface area (Å²) in [6.45, 7) is 11.4. The van der Waals surface area contributed by atoms with Gasteiger partial charge in [-0.3, -0.25) is 4.79 Å². The van der Waals surface area contributed by atoms with Crippen molar-refractivity contribution in [3.05, 3.63) is 0 Å². The maximum absolute atomic E-state index is 11.8. The number of nitrogens with one attached hydrogen (secondary N) is 1. The fourth-order valence-electron chi connectivity index (χ4n) is 1.30. The Kier molecular flexibility index (Phi) is 6.13. The van der Waals surface area contributed by atoms with Crippen LogP contribution < -0.4 is 11.1 Å². The van der Waals surface area contributed by atoms with E-state index in [2.05, 4.69) is 19.2 Å². The Hall–Kier alpha value is -0.610. The Bertz CT molecular complexity index is 244. The highest BCUT2D eigenvalue weighted by atomic mass is 16.5. The van der Waals surface area contributed by atoms with Crippen molar-refractivity contribution >= 4 is 5.91 Å². The minimum absolute atomic E-state index is 0.0310. The molecule has 0 aromatic rings. The van der Waals surface area contributed by atoms with Gasteiger partial charge < -0.3 is 15.8 Å². The third-order valence-electron chi connectivity index (χ3n) is 2.94. The first-order valence-electron chi connectivity index (χ1n) is 6.12. The fourth-order valence-corrected chi connectivity index (χ4v) is 1.30. The molecule has 0 heterocycles. The molecule has 0 unspecified atom stereocenters. The lowest BCUT2D eigenvalue weighted by Crippen LogP contribution is -2.50. The molecule has 102 valence electrons. The Morgan fingerprint density at radius 3 is 2.24 bits per heavy atom. The Labute approximate surface area is 105 Å². The van der Waals surface area contributed by atoms with Gasteiger partial charge in [0, 0.05) is 20.3 Å². The summed E-state index contributed by atoms with van der Waals surface area (Å²) in [5.41, 5.74) is 5.71. The van der Waals surface area contributed by atoms with Crippen LogP contribution in [-0.4, -0.2) is 32.2 Å². The highest BCUT2D eigenvalue weighted by Crippen LogP contribution is 2.20. The van der Waals surface area contributed by atoms with Crippen LogP contribution in [0, 0.1) is 10.8 Å². The minimum Gasteiger partial charge on any atom is -0.385 e. The van der Waals surface area contributed by atoms with Gasteiger partial charge >= 0.3 is 0 Å². The van der Waals surface area contributed by atoms with E-state index in [0.29, 0.717) is 13.2 Å². The van der Waals surface area contributed by atoms with Crippen molar-refractivity contribution in [3.8, 4) is 0 Å². The number of ether oxygens (including phenoxy) is 1. The van der Waals surface area contributed by atoms with Crippen LogP contribution in [0.1, 0.15) is 41.0 Å². The second-order valence-electron chi connectivity index (χ2n) is 6.47. The molecule has 0 aliphatic rings. The zero-order valence-corrected chi connectivity index (χ0v) is 12.1. The molecule has 0 aliphatic heterocycles. The predicted molar refractivity (Wildman–Crippen MR) is 70.7 cm³/mol. The van der Waals surface area contributed by atoms with E-state index >= 15 is 0 Å². The van der Waals surface area contributed by atoms with Crippen LogP contribution in [0.5, 0.6) is 0 Å². The molecule has 4 nitrogen and oxygen atoms in total. The van der Waals surface area contributed by atoms with E-state index in [1.807, 2.05) is 20.8 Å². The topological polar surface area (TPSA) is 64.3 Å². The van der Waals surface area contributed by atoms with Crippen molar-refractivity contribution in [3.63, 3.8) is 0 Å². The summed E-state index contributed by atoms with van der Waals surface area (Å²) in [6, 6.07) is -0.472. The molecule has 0 rings (SSSR count). The van der Waals surface area contributed by atoms with Gasteiger partial charge in [-0.25, -0.2) is 0 Å². The van der Waals surface area contributed by atoms with Gasteiger partial charge in [0.15, 0.2) is 0 Å². The van der Waals surface area contributed by atoms with Gasteiger partial charge in [0.2, 0.25) is 5.91 Å². The monoisotopic (exact) mass is 244 g/mol. The molecule has 0 spiro atoms. The van der Waals surface area contributed by atoms with E-state index in [1.165, 1.54) is 0 Å². The van der Waals surface area contributed by atoms with Crippen LogP contribution in [0.3, 0.4) is 0 Å². The SMILES string of the molecule is COCCC(C)(C)CNC(=O)[C@H](N)C(C)(C)C. The van der Waals surface area contributed by atoms with Crippen LogP contribution >= 0.6 is 0 Å². The number of carbonyl (C=O) groups is 1. The summed E-state index contributed by atoms with van der Waals surface area (Å²) in [5, 5.41) is 2.92. The van der Waals surface area contributed by atoms with Gasteiger partial charge in [0.25, 0.3) is 0 Å². The number of methoxy groups -OCH3 is 1. The molecule has 4 heteroatoms. The lowest BCUT2D eigenvalue weighted by molar-refractivity contribution is -0.125. The van der Waals surface area contributed by atoms with Gasteiger partial charge in [0.1, 0.15) is 0 Å². The normalized spacial score (nSPS) is 14.5. The molecule has 0 radical (unpaired) electrons. The average Bonchev–Trinajstić information content (AvgIpc) is 2.21. The predicted octanol–water partition coefficient (Wildman–Crippen LogP) is 1.54. The minimum atomic E-state index is -0.472. The van der Waals surface area contributed by atoms with Crippen LogP contribution in [0.15, 0.2) is 0 Å². The molecule has 0 aromatic heterocycles. The van der Waals surface area contributed by atoms with Gasteiger partial charge in [-0.15, -0.1) is 0 Å². The Morgan fingerprint density at radius 1 is 1.29 bits per heavy atom. The summed E-state index contributed by atoms with van der Waals surface area (Å²) in [4.78, 5) is 11.8. The lowest BCUT2D eigenvalue weighted by atomic mass is 9.86. The van der Waals surface area contributed by atoms with E-state index in [9.17, 15) is 4.79 Å². The molecule has 17 heavy (non-hydrogen) atoms. The Balaban J connectivity index is 4.15. The first-order chi connectivity index (χ1) is 7.60. The zero-order valence-electron chi connectivity index (χ0n) is 12.1. The molecule has 1 amide bonds. The summed E-state index contributed by atoms with van der Waals surface area (Å²) in [6.07, 6.45) is 0.911. The van der Waals surface area contributed by atoms with Crippen LogP contribution in [0.4, 0.5) is 0 Å². The van der Waals surface area contributed by atoms with E-state index in [0.717, 1.165) is 6.42 Å². The van der Waals surface area contributed by atoms with Crippen LogP contribution in [-0.2, 0) is 9.53 Å². The van der Waals surface area contributed by atoms with Crippen LogP contribution in [0.2, 0.25) is 0 Å². The van der Waals surface area contributed by atoms with E-state index < -0.39 is 6.04 Å².